The average Bonchev–Trinajstić information content (AvgIpc) is 2.48. The van der Waals surface area contributed by atoms with Gasteiger partial charge in [0.05, 0.1) is 0 Å². The van der Waals surface area contributed by atoms with Crippen molar-refractivity contribution in [3.63, 3.8) is 0 Å². The monoisotopic (exact) mass is 293 g/mol. The van der Waals surface area contributed by atoms with E-state index in [0.29, 0.717) is 6.04 Å². The van der Waals surface area contributed by atoms with Crippen molar-refractivity contribution in [2.24, 2.45) is 0 Å². The smallest absolute Gasteiger partial charge is 0.126 e. The lowest BCUT2D eigenvalue weighted by molar-refractivity contribution is 0.452. The molecule has 0 aliphatic carbocycles. The van der Waals surface area contributed by atoms with Crippen LogP contribution in [0.1, 0.15) is 70.8 Å². The van der Waals surface area contributed by atoms with Gasteiger partial charge >= 0.3 is 0 Å². The Labute approximate surface area is 130 Å². The van der Waals surface area contributed by atoms with Crippen LogP contribution in [0.3, 0.4) is 0 Å². The predicted molar refractivity (Wildman–Crippen MR) is 90.2 cm³/mol. The van der Waals surface area contributed by atoms with Crippen molar-refractivity contribution in [3.8, 4) is 0 Å². The molecule has 1 unspecified atom stereocenters. The van der Waals surface area contributed by atoms with E-state index in [4.69, 9.17) is 0 Å². The highest BCUT2D eigenvalue weighted by Gasteiger charge is 2.10. The highest BCUT2D eigenvalue weighted by molar-refractivity contribution is 5.18. The van der Waals surface area contributed by atoms with E-state index in [0.717, 1.165) is 24.9 Å². The van der Waals surface area contributed by atoms with Crippen molar-refractivity contribution in [1.29, 1.82) is 0 Å². The summed E-state index contributed by atoms with van der Waals surface area (Å²) < 4.78 is 13.7. The molecule has 0 aliphatic rings. The number of hydrogen-bond acceptors (Lipinski definition) is 1. The molecule has 0 aliphatic heterocycles. The lowest BCUT2D eigenvalue weighted by Crippen LogP contribution is -2.31. The first-order valence-corrected chi connectivity index (χ1v) is 8.74. The van der Waals surface area contributed by atoms with E-state index in [-0.39, 0.29) is 5.82 Å². The Kier molecular flexibility index (Phi) is 10.1. The lowest BCUT2D eigenvalue weighted by Gasteiger charge is -2.18. The van der Waals surface area contributed by atoms with Gasteiger partial charge in [0.2, 0.25) is 0 Å². The molecular weight excluding hydrogens is 261 g/mol. The van der Waals surface area contributed by atoms with Crippen LogP contribution in [0.25, 0.3) is 0 Å². The molecule has 2 heteroatoms. The van der Waals surface area contributed by atoms with Crippen LogP contribution in [0.15, 0.2) is 24.3 Å². The molecule has 0 spiro atoms. The number of unbranched alkanes of at least 4 members (excludes halogenated alkanes) is 6. The van der Waals surface area contributed by atoms with E-state index in [2.05, 4.69) is 19.2 Å². The molecule has 120 valence electrons. The molecule has 21 heavy (non-hydrogen) atoms. The normalized spacial score (nSPS) is 12.5. The zero-order chi connectivity index (χ0) is 15.3. The summed E-state index contributed by atoms with van der Waals surface area (Å²) in [6.07, 6.45) is 11.3. The van der Waals surface area contributed by atoms with Crippen LogP contribution in [-0.4, -0.2) is 12.6 Å². The highest BCUT2D eigenvalue weighted by Crippen LogP contribution is 2.14. The standard InChI is InChI=1S/C19H32FN/c1-3-5-6-7-8-9-10-14-18(21-4-2)16-17-13-11-12-15-19(17)20/h11-13,15,18,21H,3-10,14,16H2,1-2H3. The van der Waals surface area contributed by atoms with Gasteiger partial charge in [0.1, 0.15) is 5.82 Å². The Balaban J connectivity index is 2.25. The van der Waals surface area contributed by atoms with E-state index >= 15 is 0 Å². The largest absolute Gasteiger partial charge is 0.314 e. The van der Waals surface area contributed by atoms with Crippen LogP contribution in [0.4, 0.5) is 4.39 Å². The van der Waals surface area contributed by atoms with Crippen molar-refractivity contribution in [3.05, 3.63) is 35.6 Å². The third kappa shape index (κ3) is 8.21. The molecule has 0 amide bonds. The zero-order valence-electron chi connectivity index (χ0n) is 13.8. The Morgan fingerprint density at radius 2 is 1.62 bits per heavy atom. The molecule has 0 bridgehead atoms. The maximum atomic E-state index is 13.7. The fraction of sp³-hybridized carbons (Fsp3) is 0.684. The number of halogens is 1. The highest BCUT2D eigenvalue weighted by atomic mass is 19.1. The van der Waals surface area contributed by atoms with Gasteiger partial charge in [-0.1, -0.05) is 77.0 Å². The number of nitrogens with one attached hydrogen (secondary N) is 1. The summed E-state index contributed by atoms with van der Waals surface area (Å²) in [6.45, 7) is 5.33. The van der Waals surface area contributed by atoms with Crippen LogP contribution in [0, 0.1) is 5.82 Å². The molecule has 0 heterocycles. The van der Waals surface area contributed by atoms with Gasteiger partial charge in [-0.05, 0) is 31.0 Å². The summed E-state index contributed by atoms with van der Waals surface area (Å²) in [5.74, 6) is -0.0695. The second-order valence-corrected chi connectivity index (χ2v) is 5.96. The molecular formula is C19H32FN. The number of likely N-dealkylation sites (N-methyl/N-ethyl adjacent to an activating group) is 1. The third-order valence-corrected chi connectivity index (χ3v) is 4.07. The maximum absolute atomic E-state index is 13.7. The minimum absolute atomic E-state index is 0.0695. The second kappa shape index (κ2) is 11.7. The van der Waals surface area contributed by atoms with Crippen molar-refractivity contribution in [1.82, 2.24) is 5.32 Å². The summed E-state index contributed by atoms with van der Waals surface area (Å²) in [5, 5.41) is 3.50. The molecule has 0 saturated carbocycles. The number of benzene rings is 1. The summed E-state index contributed by atoms with van der Waals surface area (Å²) in [4.78, 5) is 0. The van der Waals surface area contributed by atoms with Gasteiger partial charge < -0.3 is 5.32 Å². The summed E-state index contributed by atoms with van der Waals surface area (Å²) in [5.41, 5.74) is 0.839. The molecule has 0 fully saturated rings. The maximum Gasteiger partial charge on any atom is 0.126 e. The van der Waals surface area contributed by atoms with Crippen molar-refractivity contribution in [2.45, 2.75) is 77.7 Å². The first kappa shape index (κ1) is 18.2. The minimum atomic E-state index is -0.0695. The van der Waals surface area contributed by atoms with E-state index in [1.807, 2.05) is 12.1 Å². The first-order valence-electron chi connectivity index (χ1n) is 8.74. The molecule has 1 atom stereocenters. The first-order chi connectivity index (χ1) is 10.3. The molecule has 1 rings (SSSR count). The minimum Gasteiger partial charge on any atom is -0.314 e. The number of hydrogen-bond donors (Lipinski definition) is 1. The van der Waals surface area contributed by atoms with Crippen LogP contribution < -0.4 is 5.32 Å². The van der Waals surface area contributed by atoms with Gasteiger partial charge in [0.15, 0.2) is 0 Å². The van der Waals surface area contributed by atoms with Gasteiger partial charge in [0, 0.05) is 6.04 Å². The molecule has 0 saturated heterocycles. The van der Waals surface area contributed by atoms with Gasteiger partial charge in [-0.15, -0.1) is 0 Å². The van der Waals surface area contributed by atoms with Crippen molar-refractivity contribution >= 4 is 0 Å². The van der Waals surface area contributed by atoms with Crippen molar-refractivity contribution < 1.29 is 4.39 Å². The topological polar surface area (TPSA) is 12.0 Å². The fourth-order valence-electron chi connectivity index (χ4n) is 2.84. The molecule has 1 N–H and O–H groups in total. The Bertz CT molecular complexity index is 364. The van der Waals surface area contributed by atoms with Crippen LogP contribution >= 0.6 is 0 Å². The molecule has 1 nitrogen and oxygen atoms in total. The molecule has 1 aromatic carbocycles. The molecule has 1 aromatic rings. The van der Waals surface area contributed by atoms with Gasteiger partial charge in [-0.2, -0.15) is 0 Å². The van der Waals surface area contributed by atoms with Gasteiger partial charge in [-0.25, -0.2) is 4.39 Å². The average molecular weight is 293 g/mol. The van der Waals surface area contributed by atoms with E-state index < -0.39 is 0 Å². The van der Waals surface area contributed by atoms with Gasteiger partial charge in [0.25, 0.3) is 0 Å². The molecule has 0 radical (unpaired) electrons. The van der Waals surface area contributed by atoms with E-state index in [1.165, 1.54) is 44.9 Å². The summed E-state index contributed by atoms with van der Waals surface area (Å²) in [7, 11) is 0. The fourth-order valence-corrected chi connectivity index (χ4v) is 2.84. The van der Waals surface area contributed by atoms with Crippen molar-refractivity contribution in [2.75, 3.05) is 6.54 Å². The Hall–Kier alpha value is -0.890. The lowest BCUT2D eigenvalue weighted by atomic mass is 9.99. The zero-order valence-corrected chi connectivity index (χ0v) is 13.8. The van der Waals surface area contributed by atoms with Crippen LogP contribution in [0.5, 0.6) is 0 Å². The van der Waals surface area contributed by atoms with E-state index in [1.54, 1.807) is 12.1 Å². The quantitative estimate of drug-likeness (QED) is 0.503. The van der Waals surface area contributed by atoms with Crippen LogP contribution in [0.2, 0.25) is 0 Å². The summed E-state index contributed by atoms with van der Waals surface area (Å²) in [6, 6.07) is 7.56. The van der Waals surface area contributed by atoms with E-state index in [9.17, 15) is 4.39 Å². The second-order valence-electron chi connectivity index (χ2n) is 5.96. The van der Waals surface area contributed by atoms with Gasteiger partial charge in [-0.3, -0.25) is 0 Å². The predicted octanol–water partition coefficient (Wildman–Crippen LogP) is 5.49. The van der Waals surface area contributed by atoms with Crippen LogP contribution in [-0.2, 0) is 6.42 Å². The summed E-state index contributed by atoms with van der Waals surface area (Å²) >= 11 is 0. The third-order valence-electron chi connectivity index (χ3n) is 4.07. The number of rotatable bonds is 12. The SMILES string of the molecule is CCCCCCCCCC(Cc1ccccc1F)NCC. The Morgan fingerprint density at radius 1 is 0.952 bits per heavy atom. The molecule has 0 aromatic heterocycles. The Morgan fingerprint density at radius 3 is 2.29 bits per heavy atom.